The normalized spacial score (nSPS) is 11.1. The molecule has 0 saturated heterocycles. The Balaban J connectivity index is 2.05. The standard InChI is InChI=1S/C16H22BrN3S/c1-11(2)18-7-13-5-12(3)16(19-8-13)20(4)9-14-6-15(17)21-10-14/h5-6,8,10-11,18H,7,9H2,1-4H3. The van der Waals surface area contributed by atoms with Crippen LogP contribution in [0.15, 0.2) is 27.5 Å². The van der Waals surface area contributed by atoms with Crippen LogP contribution in [0.3, 0.4) is 0 Å². The molecule has 0 aliphatic rings. The highest BCUT2D eigenvalue weighted by molar-refractivity contribution is 9.11. The van der Waals surface area contributed by atoms with E-state index in [2.05, 4.69) is 76.5 Å². The molecule has 0 atom stereocenters. The Labute approximate surface area is 139 Å². The third-order valence-electron chi connectivity index (χ3n) is 3.22. The first kappa shape index (κ1) is 16.5. The summed E-state index contributed by atoms with van der Waals surface area (Å²) in [5.41, 5.74) is 3.76. The van der Waals surface area contributed by atoms with Crippen LogP contribution in [0.25, 0.3) is 0 Å². The Morgan fingerprint density at radius 3 is 2.67 bits per heavy atom. The lowest BCUT2D eigenvalue weighted by atomic mass is 10.2. The smallest absolute Gasteiger partial charge is 0.131 e. The van der Waals surface area contributed by atoms with Gasteiger partial charge in [-0.2, -0.15) is 0 Å². The molecule has 0 unspecified atom stereocenters. The Morgan fingerprint density at radius 1 is 1.33 bits per heavy atom. The minimum atomic E-state index is 0.490. The Bertz CT molecular complexity index is 595. The molecule has 0 bridgehead atoms. The first-order chi connectivity index (χ1) is 9.95. The average molecular weight is 368 g/mol. The fraction of sp³-hybridized carbons (Fsp3) is 0.438. The van der Waals surface area contributed by atoms with E-state index in [9.17, 15) is 0 Å². The van der Waals surface area contributed by atoms with Crippen LogP contribution in [0.2, 0.25) is 0 Å². The lowest BCUT2D eigenvalue weighted by molar-refractivity contribution is 0.587. The van der Waals surface area contributed by atoms with Crippen LogP contribution >= 0.6 is 27.3 Å². The second-order valence-electron chi connectivity index (χ2n) is 5.63. The van der Waals surface area contributed by atoms with Crippen molar-refractivity contribution >= 4 is 33.1 Å². The van der Waals surface area contributed by atoms with Crippen LogP contribution in [0.1, 0.15) is 30.5 Å². The van der Waals surface area contributed by atoms with E-state index in [1.54, 1.807) is 11.3 Å². The van der Waals surface area contributed by atoms with Gasteiger partial charge in [-0.25, -0.2) is 4.98 Å². The lowest BCUT2D eigenvalue weighted by Crippen LogP contribution is -2.22. The van der Waals surface area contributed by atoms with Crippen LogP contribution in [0.5, 0.6) is 0 Å². The molecule has 2 heterocycles. The van der Waals surface area contributed by atoms with E-state index in [0.717, 1.165) is 18.9 Å². The second kappa shape index (κ2) is 7.38. The van der Waals surface area contributed by atoms with Gasteiger partial charge in [0, 0.05) is 32.4 Å². The molecule has 21 heavy (non-hydrogen) atoms. The number of halogens is 1. The zero-order valence-electron chi connectivity index (χ0n) is 13.0. The zero-order chi connectivity index (χ0) is 15.4. The van der Waals surface area contributed by atoms with Crippen molar-refractivity contribution in [3.05, 3.63) is 44.2 Å². The van der Waals surface area contributed by atoms with Crippen LogP contribution < -0.4 is 10.2 Å². The van der Waals surface area contributed by atoms with Gasteiger partial charge in [-0.3, -0.25) is 0 Å². The highest BCUT2D eigenvalue weighted by atomic mass is 79.9. The fourth-order valence-electron chi connectivity index (χ4n) is 2.22. The van der Waals surface area contributed by atoms with Gasteiger partial charge in [0.15, 0.2) is 0 Å². The third kappa shape index (κ3) is 4.80. The molecular formula is C16H22BrN3S. The maximum atomic E-state index is 4.64. The summed E-state index contributed by atoms with van der Waals surface area (Å²) in [7, 11) is 2.09. The first-order valence-corrected chi connectivity index (χ1v) is 8.76. The Kier molecular flexibility index (Phi) is 5.79. The fourth-order valence-corrected chi connectivity index (χ4v) is 3.42. The largest absolute Gasteiger partial charge is 0.355 e. The molecular weight excluding hydrogens is 346 g/mol. The van der Waals surface area contributed by atoms with Gasteiger partial charge in [0.25, 0.3) is 0 Å². The van der Waals surface area contributed by atoms with Crippen molar-refractivity contribution in [2.45, 2.75) is 39.9 Å². The summed E-state index contributed by atoms with van der Waals surface area (Å²) in [6.07, 6.45) is 1.97. The molecule has 114 valence electrons. The van der Waals surface area contributed by atoms with Gasteiger partial charge < -0.3 is 10.2 Å². The molecule has 5 heteroatoms. The number of pyridine rings is 1. The SMILES string of the molecule is Cc1cc(CNC(C)C)cnc1N(C)Cc1csc(Br)c1. The molecule has 2 rings (SSSR count). The molecule has 0 aliphatic heterocycles. The monoisotopic (exact) mass is 367 g/mol. The molecule has 1 N–H and O–H groups in total. The number of nitrogens with one attached hydrogen (secondary N) is 1. The van der Waals surface area contributed by atoms with Crippen LogP contribution in [0, 0.1) is 6.92 Å². The zero-order valence-corrected chi connectivity index (χ0v) is 15.4. The van der Waals surface area contributed by atoms with Crippen molar-refractivity contribution in [2.24, 2.45) is 0 Å². The predicted molar refractivity (Wildman–Crippen MR) is 95.1 cm³/mol. The number of rotatable bonds is 6. The summed E-state index contributed by atoms with van der Waals surface area (Å²) in [6, 6.07) is 4.87. The number of aromatic nitrogens is 1. The van der Waals surface area contributed by atoms with Gasteiger partial charge in [-0.05, 0) is 57.1 Å². The van der Waals surface area contributed by atoms with Gasteiger partial charge in [-0.1, -0.05) is 13.8 Å². The van der Waals surface area contributed by atoms with E-state index in [1.165, 1.54) is 20.5 Å². The van der Waals surface area contributed by atoms with Gasteiger partial charge in [-0.15, -0.1) is 11.3 Å². The van der Waals surface area contributed by atoms with Crippen LogP contribution in [-0.4, -0.2) is 18.1 Å². The minimum absolute atomic E-state index is 0.490. The lowest BCUT2D eigenvalue weighted by Gasteiger charge is -2.20. The molecule has 0 saturated carbocycles. The van der Waals surface area contributed by atoms with Gasteiger partial charge in [0.1, 0.15) is 5.82 Å². The van der Waals surface area contributed by atoms with Crippen molar-refractivity contribution in [3.63, 3.8) is 0 Å². The van der Waals surface area contributed by atoms with E-state index in [4.69, 9.17) is 0 Å². The van der Waals surface area contributed by atoms with E-state index in [0.29, 0.717) is 6.04 Å². The number of nitrogens with zero attached hydrogens (tertiary/aromatic N) is 2. The molecule has 3 nitrogen and oxygen atoms in total. The maximum Gasteiger partial charge on any atom is 0.131 e. The predicted octanol–water partition coefficient (Wildman–Crippen LogP) is 4.35. The van der Waals surface area contributed by atoms with Crippen molar-refractivity contribution in [2.75, 3.05) is 11.9 Å². The number of thiophene rings is 1. The molecule has 2 aromatic heterocycles. The highest BCUT2D eigenvalue weighted by Gasteiger charge is 2.09. The van der Waals surface area contributed by atoms with Gasteiger partial charge in [0.2, 0.25) is 0 Å². The highest BCUT2D eigenvalue weighted by Crippen LogP contribution is 2.24. The van der Waals surface area contributed by atoms with Gasteiger partial charge in [0.05, 0.1) is 3.79 Å². The molecule has 0 aromatic carbocycles. The second-order valence-corrected chi connectivity index (χ2v) is 7.93. The van der Waals surface area contributed by atoms with Crippen LogP contribution in [0.4, 0.5) is 5.82 Å². The van der Waals surface area contributed by atoms with E-state index >= 15 is 0 Å². The molecule has 0 spiro atoms. The minimum Gasteiger partial charge on any atom is -0.355 e. The molecule has 0 amide bonds. The first-order valence-electron chi connectivity index (χ1n) is 7.08. The molecule has 0 fully saturated rings. The van der Waals surface area contributed by atoms with E-state index in [1.807, 2.05) is 6.20 Å². The van der Waals surface area contributed by atoms with Crippen molar-refractivity contribution < 1.29 is 0 Å². The summed E-state index contributed by atoms with van der Waals surface area (Å²) in [4.78, 5) is 6.83. The topological polar surface area (TPSA) is 28.2 Å². The Morgan fingerprint density at radius 2 is 2.10 bits per heavy atom. The van der Waals surface area contributed by atoms with Crippen molar-refractivity contribution in [1.29, 1.82) is 0 Å². The van der Waals surface area contributed by atoms with E-state index in [-0.39, 0.29) is 0 Å². The number of aryl methyl sites for hydroxylation is 1. The summed E-state index contributed by atoms with van der Waals surface area (Å²) in [5, 5.41) is 5.60. The quantitative estimate of drug-likeness (QED) is 0.822. The summed E-state index contributed by atoms with van der Waals surface area (Å²) >= 11 is 5.23. The van der Waals surface area contributed by atoms with Gasteiger partial charge >= 0.3 is 0 Å². The molecule has 2 aromatic rings. The van der Waals surface area contributed by atoms with E-state index < -0.39 is 0 Å². The summed E-state index contributed by atoms with van der Waals surface area (Å²) in [5.74, 6) is 1.05. The Hall–Kier alpha value is -0.910. The van der Waals surface area contributed by atoms with Crippen LogP contribution in [-0.2, 0) is 13.1 Å². The number of hydrogen-bond donors (Lipinski definition) is 1. The molecule has 0 aliphatic carbocycles. The molecule has 0 radical (unpaired) electrons. The van der Waals surface area contributed by atoms with Crippen molar-refractivity contribution in [1.82, 2.24) is 10.3 Å². The average Bonchev–Trinajstić information content (AvgIpc) is 2.81. The maximum absolute atomic E-state index is 4.64. The summed E-state index contributed by atoms with van der Waals surface area (Å²) in [6.45, 7) is 8.18. The third-order valence-corrected chi connectivity index (χ3v) is 4.78. The van der Waals surface area contributed by atoms with Crippen molar-refractivity contribution in [3.8, 4) is 0 Å². The number of anilines is 1. The summed E-state index contributed by atoms with van der Waals surface area (Å²) < 4.78 is 1.17. The number of hydrogen-bond acceptors (Lipinski definition) is 4.